The lowest BCUT2D eigenvalue weighted by Crippen LogP contribution is -2.64. The number of aromatic nitrogens is 2. The molecule has 0 spiro atoms. The van der Waals surface area contributed by atoms with Crippen LogP contribution in [0.25, 0.3) is 0 Å². The van der Waals surface area contributed by atoms with Crippen molar-refractivity contribution in [1.29, 1.82) is 0 Å². The topological polar surface area (TPSA) is 306 Å². The molecule has 0 aromatic carbocycles. The molecule has 0 bridgehead atoms. The van der Waals surface area contributed by atoms with Gasteiger partial charge in [0.1, 0.15) is 42.7 Å². The summed E-state index contributed by atoms with van der Waals surface area (Å²) in [6, 6.07) is -0.780. The van der Waals surface area contributed by atoms with Gasteiger partial charge < -0.3 is 50.1 Å². The van der Waals surface area contributed by atoms with Gasteiger partial charge in [-0.1, -0.05) is 21.6 Å². The summed E-state index contributed by atoms with van der Waals surface area (Å²) in [6.45, 7) is -1.94. The van der Waals surface area contributed by atoms with Crippen molar-refractivity contribution in [3.05, 3.63) is 33.1 Å². The Hall–Kier alpha value is -1.17. The van der Waals surface area contributed by atoms with Gasteiger partial charge in [-0.2, -0.15) is 4.31 Å². The van der Waals surface area contributed by atoms with Crippen LogP contribution in [-0.2, 0) is 36.8 Å². The largest absolute Gasteiger partial charge is 0.483 e. The molecule has 11 atom stereocenters. The van der Waals surface area contributed by atoms with Gasteiger partial charge in [0.2, 0.25) is 5.91 Å². The molecule has 1 aromatic rings. The molecule has 2 aliphatic rings. The summed E-state index contributed by atoms with van der Waals surface area (Å²) >= 11 is 0. The minimum Gasteiger partial charge on any atom is -0.394 e. The van der Waals surface area contributed by atoms with E-state index >= 15 is 0 Å². The smallest absolute Gasteiger partial charge is 0.394 e. The number of phosphoric ester groups is 2. The first-order valence-corrected chi connectivity index (χ1v) is 17.4. The van der Waals surface area contributed by atoms with Crippen molar-refractivity contribution in [3.63, 3.8) is 0 Å². The summed E-state index contributed by atoms with van der Waals surface area (Å²) < 4.78 is 49.8. The zero-order valence-corrected chi connectivity index (χ0v) is 24.8. The van der Waals surface area contributed by atoms with Crippen LogP contribution in [0.4, 0.5) is 0 Å². The molecule has 3 rings (SSSR count). The van der Waals surface area contributed by atoms with Crippen LogP contribution in [0.2, 0.25) is 0 Å². The number of rotatable bonds is 13. The monoisotopic (exact) mass is 685 g/mol. The number of ether oxygens (including phenoxy) is 2. The third-order valence-electron chi connectivity index (χ3n) is 5.82. The quantitative estimate of drug-likeness (QED) is 0.0714. The second-order valence-corrected chi connectivity index (χ2v) is 14.3. The highest BCUT2D eigenvalue weighted by Crippen LogP contribution is 2.61. The van der Waals surface area contributed by atoms with Crippen LogP contribution in [0.3, 0.4) is 0 Å². The van der Waals surface area contributed by atoms with E-state index in [4.69, 9.17) is 14.0 Å². The average Bonchev–Trinajstić information content (AvgIpc) is 3.18. The first kappa shape index (κ1) is 35.3. The first-order valence-electron chi connectivity index (χ1n) is 11.7. The number of H-pyrrole nitrogens is 1. The van der Waals surface area contributed by atoms with E-state index in [9.17, 15) is 58.8 Å². The van der Waals surface area contributed by atoms with Gasteiger partial charge in [0.05, 0.1) is 19.0 Å². The van der Waals surface area contributed by atoms with Gasteiger partial charge in [-0.05, 0) is 6.26 Å². The molecule has 0 saturated carbocycles. The van der Waals surface area contributed by atoms with Crippen molar-refractivity contribution >= 4 is 43.1 Å². The average molecular weight is 686 g/mol. The molecular formula is C18H29N3O17P2S2. The van der Waals surface area contributed by atoms with E-state index in [1.165, 1.54) is 10.8 Å². The maximum Gasteiger partial charge on any atom is 0.483 e. The number of aliphatic hydroxyl groups excluding tert-OH is 5. The molecule has 42 heavy (non-hydrogen) atoms. The molecule has 1 aromatic heterocycles. The summed E-state index contributed by atoms with van der Waals surface area (Å²) in [7, 11) is -8.86. The molecule has 2 aliphatic heterocycles. The van der Waals surface area contributed by atoms with Gasteiger partial charge in [-0.25, -0.2) is 13.9 Å². The van der Waals surface area contributed by atoms with Gasteiger partial charge >= 0.3 is 21.3 Å². The van der Waals surface area contributed by atoms with Gasteiger partial charge in [0.15, 0.2) is 12.5 Å². The fourth-order valence-electron chi connectivity index (χ4n) is 3.86. The SMILES string of the molecule is CSSCC(=O)NC1C(OP(=O)(O)OP(=O)(O)OCC2OC(n3ccc(=O)[nH]c3=O)C(O)C2O)OC(CO)C(O)C1O. The Bertz CT molecular complexity index is 1300. The minimum atomic E-state index is -5.66. The molecule has 11 unspecified atom stereocenters. The summed E-state index contributed by atoms with van der Waals surface area (Å²) in [4.78, 5) is 57.5. The molecular weight excluding hydrogens is 656 g/mol. The van der Waals surface area contributed by atoms with Crippen molar-refractivity contribution in [1.82, 2.24) is 14.9 Å². The van der Waals surface area contributed by atoms with E-state index in [1.807, 2.05) is 4.98 Å². The van der Waals surface area contributed by atoms with Gasteiger partial charge in [-0.3, -0.25) is 28.2 Å². The number of carbonyl (C=O) groups excluding carboxylic acids is 1. The Morgan fingerprint density at radius 3 is 2.36 bits per heavy atom. The zero-order chi connectivity index (χ0) is 31.4. The van der Waals surface area contributed by atoms with Crippen molar-refractivity contribution < 1.29 is 72.1 Å². The Morgan fingerprint density at radius 2 is 1.74 bits per heavy atom. The number of aromatic amines is 1. The minimum absolute atomic E-state index is 0.148. The van der Waals surface area contributed by atoms with Crippen LogP contribution in [0.5, 0.6) is 0 Å². The normalized spacial score (nSPS) is 34.4. The molecule has 24 heteroatoms. The highest BCUT2D eigenvalue weighted by molar-refractivity contribution is 8.76. The highest BCUT2D eigenvalue weighted by Gasteiger charge is 2.50. The van der Waals surface area contributed by atoms with Crippen molar-refractivity contribution in [2.24, 2.45) is 0 Å². The lowest BCUT2D eigenvalue weighted by atomic mass is 9.97. The van der Waals surface area contributed by atoms with Crippen LogP contribution in [0, 0.1) is 0 Å². The standard InChI is InChI=1S/C18H29N3O17P2S2/c1-41-42-6-10(24)19-11-14(27)12(25)7(4-22)36-17(11)37-40(32,33)38-39(30,31)34-5-8-13(26)15(28)16(35-8)21-3-2-9(23)20-18(21)29/h2-3,7-8,11-17,22,25-28H,4-6H2,1H3,(H,19,24)(H,30,31)(H,32,33)(H,20,23,29). The molecule has 240 valence electrons. The Morgan fingerprint density at radius 1 is 1.07 bits per heavy atom. The second kappa shape index (κ2) is 14.7. The fraction of sp³-hybridized carbons (Fsp3) is 0.722. The van der Waals surface area contributed by atoms with Crippen LogP contribution < -0.4 is 16.6 Å². The predicted octanol–water partition coefficient (Wildman–Crippen LogP) is -3.66. The Balaban J connectivity index is 1.66. The lowest BCUT2D eigenvalue weighted by Gasteiger charge is -2.42. The predicted molar refractivity (Wildman–Crippen MR) is 141 cm³/mol. The number of hydrogen-bond acceptors (Lipinski definition) is 17. The van der Waals surface area contributed by atoms with E-state index in [-0.39, 0.29) is 5.75 Å². The Labute approximate surface area is 243 Å². The second-order valence-electron chi connectivity index (χ2n) is 8.71. The molecule has 9 N–H and O–H groups in total. The van der Waals surface area contributed by atoms with Gasteiger partial charge in [0, 0.05) is 12.3 Å². The van der Waals surface area contributed by atoms with Crippen LogP contribution >= 0.6 is 37.2 Å². The van der Waals surface area contributed by atoms with E-state index in [0.717, 1.165) is 27.6 Å². The molecule has 2 fully saturated rings. The molecule has 2 saturated heterocycles. The van der Waals surface area contributed by atoms with Crippen molar-refractivity contribution in [2.45, 2.75) is 55.2 Å². The van der Waals surface area contributed by atoms with Gasteiger partial charge in [0.25, 0.3) is 5.56 Å². The Kier molecular flexibility index (Phi) is 12.4. The number of nitrogens with zero attached hydrogens (tertiary/aromatic N) is 1. The van der Waals surface area contributed by atoms with E-state index in [0.29, 0.717) is 0 Å². The fourth-order valence-corrected chi connectivity index (χ4v) is 7.01. The van der Waals surface area contributed by atoms with Crippen LogP contribution in [0.1, 0.15) is 6.23 Å². The van der Waals surface area contributed by atoms with Crippen molar-refractivity contribution in [2.75, 3.05) is 25.2 Å². The number of carbonyl (C=O) groups is 1. The van der Waals surface area contributed by atoms with E-state index in [1.54, 1.807) is 6.26 Å². The first-order chi connectivity index (χ1) is 19.6. The molecule has 3 heterocycles. The summed E-state index contributed by atoms with van der Waals surface area (Å²) in [5.41, 5.74) is -1.75. The molecule has 1 amide bonds. The number of hydrogen-bond donors (Lipinski definition) is 9. The molecule has 0 aliphatic carbocycles. The molecule has 20 nitrogen and oxygen atoms in total. The third kappa shape index (κ3) is 8.94. The third-order valence-corrected chi connectivity index (χ3v) is 10.1. The molecule has 0 radical (unpaired) electrons. The van der Waals surface area contributed by atoms with Crippen LogP contribution in [0.15, 0.2) is 21.9 Å². The number of nitrogens with one attached hydrogen (secondary N) is 2. The van der Waals surface area contributed by atoms with Crippen molar-refractivity contribution in [3.8, 4) is 0 Å². The van der Waals surface area contributed by atoms with E-state index < -0.39 is 101 Å². The number of phosphoric acid groups is 2. The summed E-state index contributed by atoms with van der Waals surface area (Å²) in [6.07, 6.45) is -11.4. The zero-order valence-electron chi connectivity index (χ0n) is 21.3. The maximum atomic E-state index is 12.6. The highest BCUT2D eigenvalue weighted by atomic mass is 33.1. The number of aliphatic hydroxyl groups is 5. The van der Waals surface area contributed by atoms with Gasteiger partial charge in [-0.15, -0.1) is 0 Å². The lowest BCUT2D eigenvalue weighted by molar-refractivity contribution is -0.247. The summed E-state index contributed by atoms with van der Waals surface area (Å²) in [5.74, 6) is -0.861. The van der Waals surface area contributed by atoms with Crippen LogP contribution in [-0.4, -0.2) is 125 Å². The van der Waals surface area contributed by atoms with E-state index in [2.05, 4.69) is 14.2 Å². The maximum absolute atomic E-state index is 12.6. The summed E-state index contributed by atoms with van der Waals surface area (Å²) in [5, 5.41) is 52.6. The number of amides is 1.